The number of nitrogens with one attached hydrogen (secondary N) is 1. The maximum atomic E-state index is 12.9. The molecule has 0 aliphatic carbocycles. The van der Waals surface area contributed by atoms with Gasteiger partial charge in [0.15, 0.2) is 5.17 Å². The van der Waals surface area contributed by atoms with E-state index in [1.807, 2.05) is 24.3 Å². The molecule has 0 saturated carbocycles. The van der Waals surface area contributed by atoms with E-state index in [0.29, 0.717) is 10.1 Å². The van der Waals surface area contributed by atoms with Crippen LogP contribution in [0.4, 0.5) is 10.1 Å². The van der Waals surface area contributed by atoms with Crippen molar-refractivity contribution >= 4 is 50.5 Å². The van der Waals surface area contributed by atoms with E-state index in [-0.39, 0.29) is 11.7 Å². The highest BCUT2D eigenvalue weighted by Crippen LogP contribution is 2.30. The molecule has 3 rings (SSSR count). The van der Waals surface area contributed by atoms with Gasteiger partial charge in [0.05, 0.1) is 10.6 Å². The van der Waals surface area contributed by atoms with E-state index in [1.54, 1.807) is 18.2 Å². The van der Waals surface area contributed by atoms with Crippen LogP contribution in [-0.2, 0) is 4.79 Å². The first kappa shape index (κ1) is 15.0. The number of thioether (sulfide) groups is 1. The first-order valence-electron chi connectivity index (χ1n) is 6.41. The van der Waals surface area contributed by atoms with Crippen molar-refractivity contribution in [2.75, 3.05) is 0 Å². The molecule has 0 radical (unpaired) electrons. The lowest BCUT2D eigenvalue weighted by Crippen LogP contribution is -2.19. The number of amidine groups is 1. The van der Waals surface area contributed by atoms with Crippen molar-refractivity contribution in [2.24, 2.45) is 4.99 Å². The van der Waals surface area contributed by atoms with Gasteiger partial charge in [-0.25, -0.2) is 9.38 Å². The van der Waals surface area contributed by atoms with Gasteiger partial charge in [0, 0.05) is 4.47 Å². The molecule has 3 nitrogen and oxygen atoms in total. The van der Waals surface area contributed by atoms with Gasteiger partial charge in [0.1, 0.15) is 5.82 Å². The van der Waals surface area contributed by atoms with Gasteiger partial charge in [-0.2, -0.15) is 0 Å². The highest BCUT2D eigenvalue weighted by molar-refractivity contribution is 9.10. The van der Waals surface area contributed by atoms with Gasteiger partial charge in [0.25, 0.3) is 5.91 Å². The second kappa shape index (κ2) is 6.46. The van der Waals surface area contributed by atoms with Gasteiger partial charge in [-0.1, -0.05) is 24.3 Å². The van der Waals surface area contributed by atoms with E-state index in [0.717, 1.165) is 15.7 Å². The van der Waals surface area contributed by atoms with E-state index >= 15 is 0 Å². The SMILES string of the molecule is O=C1NC(=Nc2ccccc2Br)SC1=Cc1ccc(F)cc1. The molecule has 0 aromatic heterocycles. The molecule has 1 amide bonds. The number of amides is 1. The monoisotopic (exact) mass is 376 g/mol. The standard InChI is InChI=1S/C16H10BrFN2OS/c17-12-3-1-2-4-13(12)19-16-20-15(21)14(22-16)9-10-5-7-11(18)8-6-10/h1-9H,(H,19,20,21). The Morgan fingerprint density at radius 2 is 1.86 bits per heavy atom. The Kier molecular flexibility index (Phi) is 4.40. The Morgan fingerprint density at radius 3 is 2.59 bits per heavy atom. The van der Waals surface area contributed by atoms with Crippen LogP contribution >= 0.6 is 27.7 Å². The zero-order chi connectivity index (χ0) is 15.5. The molecule has 1 aliphatic heterocycles. The quantitative estimate of drug-likeness (QED) is 0.785. The normalized spacial score (nSPS) is 18.0. The van der Waals surface area contributed by atoms with Crippen LogP contribution in [0.3, 0.4) is 0 Å². The summed E-state index contributed by atoms with van der Waals surface area (Å²) in [5.41, 5.74) is 1.51. The highest BCUT2D eigenvalue weighted by atomic mass is 79.9. The highest BCUT2D eigenvalue weighted by Gasteiger charge is 2.23. The molecule has 0 spiro atoms. The smallest absolute Gasteiger partial charge is 0.264 e. The van der Waals surface area contributed by atoms with Crippen molar-refractivity contribution in [3.8, 4) is 0 Å². The van der Waals surface area contributed by atoms with Crippen LogP contribution in [0.1, 0.15) is 5.56 Å². The molecule has 6 heteroatoms. The van der Waals surface area contributed by atoms with E-state index in [4.69, 9.17) is 0 Å². The van der Waals surface area contributed by atoms with Gasteiger partial charge < -0.3 is 5.32 Å². The second-order valence-electron chi connectivity index (χ2n) is 4.48. The number of halogens is 2. The fourth-order valence-corrected chi connectivity index (χ4v) is 3.05. The lowest BCUT2D eigenvalue weighted by molar-refractivity contribution is -0.115. The van der Waals surface area contributed by atoms with E-state index < -0.39 is 0 Å². The van der Waals surface area contributed by atoms with E-state index in [9.17, 15) is 9.18 Å². The predicted molar refractivity (Wildman–Crippen MR) is 91.3 cm³/mol. The molecule has 2 aromatic carbocycles. The van der Waals surface area contributed by atoms with Gasteiger partial charge in [0.2, 0.25) is 0 Å². The molecule has 1 heterocycles. The lowest BCUT2D eigenvalue weighted by Gasteiger charge is -1.98. The largest absolute Gasteiger partial charge is 0.300 e. The van der Waals surface area contributed by atoms with Gasteiger partial charge in [-0.3, -0.25) is 4.79 Å². The third-order valence-corrected chi connectivity index (χ3v) is 4.47. The summed E-state index contributed by atoms with van der Waals surface area (Å²) in [4.78, 5) is 16.9. The average Bonchev–Trinajstić information content (AvgIpc) is 2.84. The summed E-state index contributed by atoms with van der Waals surface area (Å²) in [6.45, 7) is 0. The summed E-state index contributed by atoms with van der Waals surface area (Å²) >= 11 is 4.67. The van der Waals surface area contributed by atoms with Gasteiger partial charge in [-0.05, 0) is 63.6 Å². The van der Waals surface area contributed by atoms with Crippen LogP contribution < -0.4 is 5.32 Å². The Hall–Kier alpha value is -1.92. The number of para-hydroxylation sites is 1. The number of nitrogens with zero attached hydrogens (tertiary/aromatic N) is 1. The van der Waals surface area contributed by atoms with Crippen LogP contribution in [-0.4, -0.2) is 11.1 Å². The van der Waals surface area contributed by atoms with Crippen molar-refractivity contribution < 1.29 is 9.18 Å². The lowest BCUT2D eigenvalue weighted by atomic mass is 10.2. The first-order chi connectivity index (χ1) is 10.6. The number of carbonyl (C=O) groups is 1. The number of carbonyl (C=O) groups excluding carboxylic acids is 1. The van der Waals surface area contributed by atoms with Crippen molar-refractivity contribution in [3.05, 3.63) is 69.3 Å². The third kappa shape index (κ3) is 3.45. The topological polar surface area (TPSA) is 41.5 Å². The zero-order valence-electron chi connectivity index (χ0n) is 11.2. The minimum Gasteiger partial charge on any atom is -0.300 e. The minimum absolute atomic E-state index is 0.208. The van der Waals surface area contributed by atoms with Gasteiger partial charge >= 0.3 is 0 Å². The molecule has 1 aliphatic rings. The fraction of sp³-hybridized carbons (Fsp3) is 0. The molecule has 0 atom stereocenters. The number of rotatable bonds is 2. The van der Waals surface area contributed by atoms with Gasteiger partial charge in [-0.15, -0.1) is 0 Å². The van der Waals surface area contributed by atoms with Crippen molar-refractivity contribution in [1.29, 1.82) is 0 Å². The van der Waals surface area contributed by atoms with Crippen molar-refractivity contribution in [2.45, 2.75) is 0 Å². The van der Waals surface area contributed by atoms with Crippen LogP contribution in [0, 0.1) is 5.82 Å². The summed E-state index contributed by atoms with van der Waals surface area (Å²) in [5, 5.41) is 3.24. The molecule has 1 saturated heterocycles. The van der Waals surface area contributed by atoms with Crippen LogP contribution in [0.25, 0.3) is 6.08 Å². The summed E-state index contributed by atoms with van der Waals surface area (Å²) in [6, 6.07) is 13.5. The molecule has 1 fully saturated rings. The molecular formula is C16H10BrFN2OS. The maximum absolute atomic E-state index is 12.9. The fourth-order valence-electron chi connectivity index (χ4n) is 1.84. The molecule has 0 bridgehead atoms. The molecule has 2 aromatic rings. The zero-order valence-corrected chi connectivity index (χ0v) is 13.6. The minimum atomic E-state index is -0.304. The Morgan fingerprint density at radius 1 is 1.14 bits per heavy atom. The summed E-state index contributed by atoms with van der Waals surface area (Å²) in [7, 11) is 0. The average molecular weight is 377 g/mol. The second-order valence-corrected chi connectivity index (χ2v) is 6.37. The number of hydrogen-bond donors (Lipinski definition) is 1. The predicted octanol–water partition coefficient (Wildman–Crippen LogP) is 4.48. The molecular weight excluding hydrogens is 367 g/mol. The summed E-state index contributed by atoms with van der Waals surface area (Å²) in [5.74, 6) is -0.512. The van der Waals surface area contributed by atoms with E-state index in [2.05, 4.69) is 26.2 Å². The van der Waals surface area contributed by atoms with Crippen LogP contribution in [0.5, 0.6) is 0 Å². The molecule has 1 N–H and O–H groups in total. The summed E-state index contributed by atoms with van der Waals surface area (Å²) in [6.07, 6.45) is 1.71. The number of hydrogen-bond acceptors (Lipinski definition) is 3. The molecule has 110 valence electrons. The van der Waals surface area contributed by atoms with Crippen LogP contribution in [0.15, 0.2) is 62.9 Å². The summed E-state index contributed by atoms with van der Waals surface area (Å²) < 4.78 is 13.7. The molecule has 22 heavy (non-hydrogen) atoms. The number of aliphatic imine (C=N–C) groups is 1. The Labute approximate surface area is 139 Å². The Bertz CT molecular complexity index is 787. The van der Waals surface area contributed by atoms with Crippen molar-refractivity contribution in [3.63, 3.8) is 0 Å². The Balaban J connectivity index is 1.84. The first-order valence-corrected chi connectivity index (χ1v) is 8.02. The van der Waals surface area contributed by atoms with Crippen LogP contribution in [0.2, 0.25) is 0 Å². The number of benzene rings is 2. The molecule has 0 unspecified atom stereocenters. The van der Waals surface area contributed by atoms with E-state index in [1.165, 1.54) is 23.9 Å². The third-order valence-electron chi connectivity index (χ3n) is 2.89. The maximum Gasteiger partial charge on any atom is 0.264 e. The van der Waals surface area contributed by atoms with Crippen molar-refractivity contribution in [1.82, 2.24) is 5.32 Å².